The standard InChI is InChI=1S/C30H28N6O2/c1-20(23-5-3-2-4-6-23)34-29-26-17-27(35-30(26)33-19-32-29)24-12-14-25(15-13-24)31-18-22-9-7-21(8-10-22)11-16-28(37)36-38/h2-17,19-20,31,38H,18H2,1H3,(H,36,37)(H2,32,33,34,35)/b16-11+/t20-/m1/s1. The largest absolute Gasteiger partial charge is 0.381 e. The van der Waals surface area contributed by atoms with Gasteiger partial charge in [-0.15, -0.1) is 0 Å². The van der Waals surface area contributed by atoms with Crippen molar-refractivity contribution in [2.24, 2.45) is 0 Å². The number of H-pyrrole nitrogens is 1. The number of hydrogen-bond donors (Lipinski definition) is 5. The van der Waals surface area contributed by atoms with Crippen LogP contribution in [0.4, 0.5) is 11.5 Å². The van der Waals surface area contributed by atoms with E-state index in [4.69, 9.17) is 5.21 Å². The van der Waals surface area contributed by atoms with Gasteiger partial charge in [0.25, 0.3) is 5.91 Å². The number of rotatable bonds is 9. The fourth-order valence-corrected chi connectivity index (χ4v) is 4.17. The number of hydrogen-bond acceptors (Lipinski definition) is 6. The molecule has 0 aliphatic rings. The molecule has 2 aromatic heterocycles. The monoisotopic (exact) mass is 504 g/mol. The summed E-state index contributed by atoms with van der Waals surface area (Å²) in [6.45, 7) is 2.78. The van der Waals surface area contributed by atoms with Crippen molar-refractivity contribution in [1.82, 2.24) is 20.4 Å². The number of hydroxylamine groups is 1. The van der Waals surface area contributed by atoms with Gasteiger partial charge in [-0.25, -0.2) is 15.4 Å². The van der Waals surface area contributed by atoms with E-state index in [0.717, 1.165) is 44.9 Å². The number of amides is 1. The molecule has 0 saturated heterocycles. The van der Waals surface area contributed by atoms with Gasteiger partial charge in [0.1, 0.15) is 17.8 Å². The highest BCUT2D eigenvalue weighted by molar-refractivity contribution is 5.92. The SMILES string of the molecule is C[C@@H](Nc1ncnc2[nH]c(-c3ccc(NCc4ccc(/C=C/C(=O)NO)cc4)cc3)cc12)c1ccccc1. The number of aromatic amines is 1. The lowest BCUT2D eigenvalue weighted by Crippen LogP contribution is -2.14. The number of fused-ring (bicyclic) bond motifs is 1. The summed E-state index contributed by atoms with van der Waals surface area (Å²) < 4.78 is 0. The molecule has 2 heterocycles. The first-order valence-corrected chi connectivity index (χ1v) is 12.3. The van der Waals surface area contributed by atoms with Crippen molar-refractivity contribution in [3.8, 4) is 11.3 Å². The molecule has 5 N–H and O–H groups in total. The van der Waals surface area contributed by atoms with Gasteiger partial charge in [-0.1, -0.05) is 66.7 Å². The fourth-order valence-electron chi connectivity index (χ4n) is 4.17. The first-order valence-electron chi connectivity index (χ1n) is 12.3. The Bertz CT molecular complexity index is 1540. The predicted octanol–water partition coefficient (Wildman–Crippen LogP) is 5.93. The second-order valence-corrected chi connectivity index (χ2v) is 8.93. The van der Waals surface area contributed by atoms with Crippen molar-refractivity contribution in [2.75, 3.05) is 10.6 Å². The topological polar surface area (TPSA) is 115 Å². The highest BCUT2D eigenvalue weighted by Crippen LogP contribution is 2.29. The van der Waals surface area contributed by atoms with Crippen molar-refractivity contribution in [2.45, 2.75) is 19.5 Å². The Morgan fingerprint density at radius 2 is 1.76 bits per heavy atom. The van der Waals surface area contributed by atoms with Gasteiger partial charge in [-0.3, -0.25) is 10.0 Å². The number of aromatic nitrogens is 3. The van der Waals surface area contributed by atoms with Crippen molar-refractivity contribution < 1.29 is 10.0 Å². The molecular weight excluding hydrogens is 476 g/mol. The van der Waals surface area contributed by atoms with Crippen LogP contribution in [0.2, 0.25) is 0 Å². The summed E-state index contributed by atoms with van der Waals surface area (Å²) in [5.74, 6) is 0.236. The van der Waals surface area contributed by atoms with E-state index in [1.165, 1.54) is 11.6 Å². The van der Waals surface area contributed by atoms with Crippen LogP contribution in [0.25, 0.3) is 28.4 Å². The maximum Gasteiger partial charge on any atom is 0.267 e. The van der Waals surface area contributed by atoms with Crippen LogP contribution in [0.1, 0.15) is 29.7 Å². The number of anilines is 2. The first-order chi connectivity index (χ1) is 18.6. The zero-order chi connectivity index (χ0) is 26.3. The lowest BCUT2D eigenvalue weighted by molar-refractivity contribution is -0.124. The number of carbonyl (C=O) groups excluding carboxylic acids is 1. The Kier molecular flexibility index (Phi) is 7.42. The van der Waals surface area contributed by atoms with Crippen LogP contribution in [0.15, 0.2) is 97.3 Å². The average molecular weight is 505 g/mol. The van der Waals surface area contributed by atoms with Gasteiger partial charge in [0.2, 0.25) is 0 Å². The van der Waals surface area contributed by atoms with E-state index in [1.807, 2.05) is 54.6 Å². The molecule has 5 aromatic rings. The smallest absolute Gasteiger partial charge is 0.267 e. The van der Waals surface area contributed by atoms with Crippen LogP contribution in [0.5, 0.6) is 0 Å². The molecule has 8 heteroatoms. The van der Waals surface area contributed by atoms with E-state index in [2.05, 4.69) is 62.8 Å². The number of nitrogens with one attached hydrogen (secondary N) is 4. The molecule has 0 radical (unpaired) electrons. The summed E-state index contributed by atoms with van der Waals surface area (Å²) in [6, 6.07) is 28.5. The van der Waals surface area contributed by atoms with Crippen LogP contribution < -0.4 is 16.1 Å². The quantitative estimate of drug-likeness (QED) is 0.0966. The lowest BCUT2D eigenvalue weighted by atomic mass is 10.1. The molecule has 190 valence electrons. The Morgan fingerprint density at radius 1 is 1.00 bits per heavy atom. The van der Waals surface area contributed by atoms with Gasteiger partial charge < -0.3 is 15.6 Å². The molecule has 5 rings (SSSR count). The van der Waals surface area contributed by atoms with Crippen LogP contribution >= 0.6 is 0 Å². The van der Waals surface area contributed by atoms with Crippen molar-refractivity contribution in [3.63, 3.8) is 0 Å². The lowest BCUT2D eigenvalue weighted by Gasteiger charge is -2.15. The Hall–Kier alpha value is -4.95. The van der Waals surface area contributed by atoms with Crippen LogP contribution in [0, 0.1) is 0 Å². The van der Waals surface area contributed by atoms with E-state index in [9.17, 15) is 4.79 Å². The molecule has 0 aliphatic heterocycles. The Morgan fingerprint density at radius 3 is 2.50 bits per heavy atom. The Balaban J connectivity index is 1.24. The maximum absolute atomic E-state index is 11.1. The zero-order valence-corrected chi connectivity index (χ0v) is 20.8. The zero-order valence-electron chi connectivity index (χ0n) is 20.8. The molecule has 0 unspecified atom stereocenters. The van der Waals surface area contributed by atoms with Gasteiger partial charge in [-0.2, -0.15) is 0 Å². The third-order valence-corrected chi connectivity index (χ3v) is 6.29. The number of nitrogens with zero attached hydrogens (tertiary/aromatic N) is 2. The van der Waals surface area contributed by atoms with Gasteiger partial charge in [-0.05, 0) is 53.5 Å². The van der Waals surface area contributed by atoms with E-state index < -0.39 is 5.91 Å². The highest BCUT2D eigenvalue weighted by Gasteiger charge is 2.12. The molecule has 0 bridgehead atoms. The van der Waals surface area contributed by atoms with E-state index in [1.54, 1.807) is 17.9 Å². The number of benzene rings is 3. The second-order valence-electron chi connectivity index (χ2n) is 8.93. The summed E-state index contributed by atoms with van der Waals surface area (Å²) >= 11 is 0. The van der Waals surface area contributed by atoms with E-state index in [0.29, 0.717) is 6.54 Å². The van der Waals surface area contributed by atoms with Crippen LogP contribution in [-0.4, -0.2) is 26.1 Å². The summed E-state index contributed by atoms with van der Waals surface area (Å²) in [6.07, 6.45) is 4.49. The van der Waals surface area contributed by atoms with Crippen molar-refractivity contribution >= 4 is 34.5 Å². The summed E-state index contributed by atoms with van der Waals surface area (Å²) in [7, 11) is 0. The minimum absolute atomic E-state index is 0.110. The van der Waals surface area contributed by atoms with Gasteiger partial charge in [0.15, 0.2) is 0 Å². The normalized spacial score (nSPS) is 11.9. The van der Waals surface area contributed by atoms with Gasteiger partial charge >= 0.3 is 0 Å². The van der Waals surface area contributed by atoms with Crippen LogP contribution in [0.3, 0.4) is 0 Å². The first kappa shape index (κ1) is 24.7. The molecule has 0 fully saturated rings. The van der Waals surface area contributed by atoms with E-state index in [-0.39, 0.29) is 6.04 Å². The number of carbonyl (C=O) groups is 1. The van der Waals surface area contributed by atoms with Crippen molar-refractivity contribution in [3.05, 3.63) is 114 Å². The minimum Gasteiger partial charge on any atom is -0.381 e. The third kappa shape index (κ3) is 5.88. The molecule has 0 aliphatic carbocycles. The fraction of sp³-hybridized carbons (Fsp3) is 0.100. The summed E-state index contributed by atoms with van der Waals surface area (Å²) in [4.78, 5) is 23.4. The van der Waals surface area contributed by atoms with E-state index >= 15 is 0 Å². The molecule has 3 aromatic carbocycles. The summed E-state index contributed by atoms with van der Waals surface area (Å²) in [5, 5.41) is 16.5. The average Bonchev–Trinajstić information content (AvgIpc) is 3.41. The minimum atomic E-state index is -0.561. The molecule has 1 atom stereocenters. The second kappa shape index (κ2) is 11.4. The molecular formula is C30H28N6O2. The molecule has 8 nitrogen and oxygen atoms in total. The third-order valence-electron chi connectivity index (χ3n) is 6.29. The van der Waals surface area contributed by atoms with Gasteiger partial charge in [0, 0.05) is 30.0 Å². The molecule has 38 heavy (non-hydrogen) atoms. The van der Waals surface area contributed by atoms with Gasteiger partial charge in [0.05, 0.1) is 5.39 Å². The summed E-state index contributed by atoms with van der Waals surface area (Å²) in [5.41, 5.74) is 8.57. The predicted molar refractivity (Wildman–Crippen MR) is 151 cm³/mol. The molecule has 0 spiro atoms. The van der Waals surface area contributed by atoms with Crippen molar-refractivity contribution in [1.29, 1.82) is 0 Å². The Labute approximate surface area is 220 Å². The molecule has 1 amide bonds. The molecule has 0 saturated carbocycles. The maximum atomic E-state index is 11.1. The highest BCUT2D eigenvalue weighted by atomic mass is 16.5. The van der Waals surface area contributed by atoms with Crippen LogP contribution in [-0.2, 0) is 11.3 Å².